The molecule has 1 aliphatic rings. The maximum atomic E-state index is 9.59. The van der Waals surface area contributed by atoms with Crippen molar-refractivity contribution in [3.63, 3.8) is 0 Å². The maximum absolute atomic E-state index is 9.59. The predicted octanol–water partition coefficient (Wildman–Crippen LogP) is 4.15. The third-order valence-electron chi connectivity index (χ3n) is 3.89. The molecule has 2 atom stereocenters. The van der Waals surface area contributed by atoms with Gasteiger partial charge in [0.05, 0.1) is 23.2 Å². The highest BCUT2D eigenvalue weighted by molar-refractivity contribution is 6.07. The topological polar surface area (TPSA) is 36.1 Å². The van der Waals surface area contributed by atoms with Gasteiger partial charge in [-0.15, -0.1) is 0 Å². The smallest absolute Gasteiger partial charge is 0.0990 e. The van der Waals surface area contributed by atoms with Crippen molar-refractivity contribution in [1.82, 2.24) is 0 Å². The zero-order valence-electron chi connectivity index (χ0n) is 11.5. The van der Waals surface area contributed by atoms with Crippen LogP contribution in [0.1, 0.15) is 30.5 Å². The lowest BCUT2D eigenvalue weighted by Gasteiger charge is -2.17. The molecule has 3 rings (SSSR count). The molecule has 1 aliphatic heterocycles. The van der Waals surface area contributed by atoms with E-state index in [1.165, 1.54) is 5.56 Å². The van der Waals surface area contributed by atoms with Gasteiger partial charge < -0.3 is 0 Å². The van der Waals surface area contributed by atoms with Crippen LogP contribution < -0.4 is 0 Å². The Labute approximate surface area is 119 Å². The summed E-state index contributed by atoms with van der Waals surface area (Å²) in [6.07, 6.45) is 0.748. The average molecular weight is 260 g/mol. The fourth-order valence-corrected chi connectivity index (χ4v) is 2.78. The molecule has 0 fully saturated rings. The summed E-state index contributed by atoms with van der Waals surface area (Å²) in [6.45, 7) is 1.99. The van der Waals surface area contributed by atoms with E-state index in [-0.39, 0.29) is 6.04 Å². The second-order valence-electron chi connectivity index (χ2n) is 5.42. The Hall–Kier alpha value is -2.40. The average Bonchev–Trinajstić information content (AvgIpc) is 2.88. The summed E-state index contributed by atoms with van der Waals surface area (Å²) < 4.78 is 0. The molecular formula is C18H16N2. The molecule has 0 saturated carbocycles. The molecule has 0 amide bonds. The van der Waals surface area contributed by atoms with Crippen LogP contribution in [0.2, 0.25) is 0 Å². The van der Waals surface area contributed by atoms with Crippen LogP contribution in [0.3, 0.4) is 0 Å². The van der Waals surface area contributed by atoms with Crippen molar-refractivity contribution < 1.29 is 0 Å². The van der Waals surface area contributed by atoms with E-state index >= 15 is 0 Å². The van der Waals surface area contributed by atoms with Crippen molar-refractivity contribution in [3.05, 3.63) is 71.8 Å². The SMILES string of the molecule is C[C@@]1(C#N)C[C@@H](c2ccccc2)N=C1c1ccccc1. The lowest BCUT2D eigenvalue weighted by Crippen LogP contribution is -2.22. The summed E-state index contributed by atoms with van der Waals surface area (Å²) in [7, 11) is 0. The monoisotopic (exact) mass is 260 g/mol. The van der Waals surface area contributed by atoms with Crippen LogP contribution >= 0.6 is 0 Å². The van der Waals surface area contributed by atoms with Crippen molar-refractivity contribution in [1.29, 1.82) is 5.26 Å². The molecular weight excluding hydrogens is 244 g/mol. The fourth-order valence-electron chi connectivity index (χ4n) is 2.78. The van der Waals surface area contributed by atoms with E-state index in [9.17, 15) is 5.26 Å². The Balaban J connectivity index is 2.04. The summed E-state index contributed by atoms with van der Waals surface area (Å²) in [5.74, 6) is 0. The van der Waals surface area contributed by atoms with Gasteiger partial charge >= 0.3 is 0 Å². The summed E-state index contributed by atoms with van der Waals surface area (Å²) >= 11 is 0. The number of hydrogen-bond donors (Lipinski definition) is 0. The third kappa shape index (κ3) is 2.12. The molecule has 98 valence electrons. The van der Waals surface area contributed by atoms with Gasteiger partial charge in [-0.1, -0.05) is 60.7 Å². The zero-order chi connectivity index (χ0) is 14.0. The van der Waals surface area contributed by atoms with Gasteiger partial charge in [-0.05, 0) is 24.5 Å². The van der Waals surface area contributed by atoms with Crippen LogP contribution in [0, 0.1) is 16.7 Å². The first-order valence-electron chi connectivity index (χ1n) is 6.83. The Kier molecular flexibility index (Phi) is 3.12. The third-order valence-corrected chi connectivity index (χ3v) is 3.89. The first kappa shape index (κ1) is 12.6. The van der Waals surface area contributed by atoms with Gasteiger partial charge in [-0.2, -0.15) is 5.26 Å². The highest BCUT2D eigenvalue weighted by Crippen LogP contribution is 2.42. The highest BCUT2D eigenvalue weighted by atomic mass is 14.9. The number of benzene rings is 2. The second kappa shape index (κ2) is 4.94. The van der Waals surface area contributed by atoms with Gasteiger partial charge in [0.1, 0.15) is 0 Å². The maximum Gasteiger partial charge on any atom is 0.0990 e. The molecule has 0 saturated heterocycles. The van der Waals surface area contributed by atoms with Crippen molar-refractivity contribution in [2.75, 3.05) is 0 Å². The molecule has 0 bridgehead atoms. The number of aliphatic imine (C=N–C) groups is 1. The number of rotatable bonds is 2. The van der Waals surface area contributed by atoms with Gasteiger partial charge in [-0.3, -0.25) is 4.99 Å². The number of nitriles is 1. The molecule has 1 heterocycles. The summed E-state index contributed by atoms with van der Waals surface area (Å²) in [6, 6.07) is 22.8. The lowest BCUT2D eigenvalue weighted by atomic mass is 9.80. The Morgan fingerprint density at radius 3 is 2.25 bits per heavy atom. The summed E-state index contributed by atoms with van der Waals surface area (Å²) in [5.41, 5.74) is 2.63. The minimum absolute atomic E-state index is 0.0797. The van der Waals surface area contributed by atoms with E-state index in [1.807, 2.05) is 55.5 Å². The minimum Gasteiger partial charge on any atom is -0.279 e. The Morgan fingerprint density at radius 1 is 1.05 bits per heavy atom. The van der Waals surface area contributed by atoms with Crippen molar-refractivity contribution in [2.24, 2.45) is 10.4 Å². The van der Waals surface area contributed by atoms with Crippen molar-refractivity contribution >= 4 is 5.71 Å². The molecule has 0 unspecified atom stereocenters. The first-order valence-corrected chi connectivity index (χ1v) is 6.83. The summed E-state index contributed by atoms with van der Waals surface area (Å²) in [4.78, 5) is 4.85. The normalized spacial score (nSPS) is 25.0. The quantitative estimate of drug-likeness (QED) is 0.799. The number of nitrogens with zero attached hydrogens (tertiary/aromatic N) is 2. The standard InChI is InChI=1S/C18H16N2/c1-18(13-19)12-16(14-8-4-2-5-9-14)20-17(18)15-10-6-3-7-11-15/h2-11,16H,12H2,1H3/t16-,18-/m0/s1. The molecule has 20 heavy (non-hydrogen) atoms. The molecule has 0 aromatic heterocycles. The Bertz CT molecular complexity index is 668. The van der Waals surface area contributed by atoms with Crippen molar-refractivity contribution in [2.45, 2.75) is 19.4 Å². The van der Waals surface area contributed by atoms with E-state index in [0.717, 1.165) is 17.7 Å². The van der Waals surface area contributed by atoms with Crippen LogP contribution in [0.15, 0.2) is 65.7 Å². The van der Waals surface area contributed by atoms with E-state index in [2.05, 4.69) is 18.2 Å². The molecule has 2 heteroatoms. The molecule has 2 aromatic carbocycles. The highest BCUT2D eigenvalue weighted by Gasteiger charge is 2.40. The molecule has 0 spiro atoms. The fraction of sp³-hybridized carbons (Fsp3) is 0.222. The molecule has 0 N–H and O–H groups in total. The van der Waals surface area contributed by atoms with Gasteiger partial charge in [-0.25, -0.2) is 0 Å². The van der Waals surface area contributed by atoms with Gasteiger partial charge in [0.25, 0.3) is 0 Å². The van der Waals surface area contributed by atoms with Gasteiger partial charge in [0.15, 0.2) is 0 Å². The number of hydrogen-bond acceptors (Lipinski definition) is 2. The van der Waals surface area contributed by atoms with Crippen LogP contribution in [0.25, 0.3) is 0 Å². The van der Waals surface area contributed by atoms with E-state index in [0.29, 0.717) is 0 Å². The molecule has 2 aromatic rings. The van der Waals surface area contributed by atoms with E-state index in [1.54, 1.807) is 0 Å². The zero-order valence-corrected chi connectivity index (χ0v) is 11.5. The molecule has 0 radical (unpaired) electrons. The van der Waals surface area contributed by atoms with Gasteiger partial charge in [0.2, 0.25) is 0 Å². The summed E-state index contributed by atoms with van der Waals surface area (Å²) in [5, 5.41) is 9.59. The van der Waals surface area contributed by atoms with E-state index < -0.39 is 5.41 Å². The second-order valence-corrected chi connectivity index (χ2v) is 5.42. The molecule has 2 nitrogen and oxygen atoms in total. The van der Waals surface area contributed by atoms with Crippen molar-refractivity contribution in [3.8, 4) is 6.07 Å². The Morgan fingerprint density at radius 2 is 1.65 bits per heavy atom. The largest absolute Gasteiger partial charge is 0.279 e. The predicted molar refractivity (Wildman–Crippen MR) is 80.5 cm³/mol. The van der Waals surface area contributed by atoms with Gasteiger partial charge in [0, 0.05) is 0 Å². The van der Waals surface area contributed by atoms with Crippen LogP contribution in [-0.2, 0) is 0 Å². The minimum atomic E-state index is -0.512. The lowest BCUT2D eigenvalue weighted by molar-refractivity contribution is 0.535. The van der Waals surface area contributed by atoms with Crippen LogP contribution in [-0.4, -0.2) is 5.71 Å². The van der Waals surface area contributed by atoms with E-state index in [4.69, 9.17) is 4.99 Å². The molecule has 0 aliphatic carbocycles. The first-order chi connectivity index (χ1) is 9.73. The van der Waals surface area contributed by atoms with Crippen LogP contribution in [0.4, 0.5) is 0 Å². The van der Waals surface area contributed by atoms with Crippen LogP contribution in [0.5, 0.6) is 0 Å².